The predicted molar refractivity (Wildman–Crippen MR) is 160 cm³/mol. The van der Waals surface area contributed by atoms with Crippen molar-refractivity contribution in [3.8, 4) is 5.75 Å². The van der Waals surface area contributed by atoms with E-state index in [9.17, 15) is 19.5 Å². The summed E-state index contributed by atoms with van der Waals surface area (Å²) in [4.78, 5) is 48.8. The molecule has 2 saturated heterocycles. The molecule has 0 bridgehead atoms. The molecule has 0 aromatic heterocycles. The Morgan fingerprint density at radius 2 is 1.64 bits per heavy atom. The van der Waals surface area contributed by atoms with Crippen molar-refractivity contribution in [2.24, 2.45) is 17.8 Å². The number of carbonyl (C=O) groups is 3. The second-order valence-corrected chi connectivity index (χ2v) is 12.6. The van der Waals surface area contributed by atoms with Gasteiger partial charge in [0, 0.05) is 24.8 Å². The van der Waals surface area contributed by atoms with Gasteiger partial charge in [-0.2, -0.15) is 0 Å². The summed E-state index contributed by atoms with van der Waals surface area (Å²) in [6.45, 7) is 12.8. The van der Waals surface area contributed by atoms with Gasteiger partial charge in [-0.3, -0.25) is 14.4 Å². The number of amides is 3. The third kappa shape index (κ3) is 4.65. The quantitative estimate of drug-likeness (QED) is 0.449. The summed E-state index contributed by atoms with van der Waals surface area (Å²) in [7, 11) is 0. The Morgan fingerprint density at radius 1 is 0.952 bits per heavy atom. The highest BCUT2D eigenvalue weighted by molar-refractivity contribution is 6.04. The van der Waals surface area contributed by atoms with Crippen LogP contribution in [0.2, 0.25) is 0 Å². The normalized spacial score (nSPS) is 31.4. The van der Waals surface area contributed by atoms with Crippen molar-refractivity contribution in [1.29, 1.82) is 0 Å². The fraction of sp³-hybridized carbons (Fsp3) is 0.606. The number of anilines is 1. The van der Waals surface area contributed by atoms with E-state index in [0.29, 0.717) is 44.0 Å². The van der Waals surface area contributed by atoms with Gasteiger partial charge in [-0.25, -0.2) is 0 Å². The van der Waals surface area contributed by atoms with Gasteiger partial charge in [0.15, 0.2) is 0 Å². The van der Waals surface area contributed by atoms with Crippen LogP contribution in [0.5, 0.6) is 5.75 Å². The minimum Gasteiger partial charge on any atom is -0.494 e. The van der Waals surface area contributed by atoms with Crippen LogP contribution >= 0.6 is 0 Å². The number of benzene rings is 1. The molecule has 6 atom stereocenters. The average molecular weight is 580 g/mol. The van der Waals surface area contributed by atoms with E-state index in [2.05, 4.69) is 0 Å². The standard InChI is InChI=1S/C33H45N3O6/c1-7-32-15-9-18-35(23-11-13-25(14-12-23)41-8-2)29(38)26(32)27-30(39)36(24(20-37)19-21(3)4)28-31(40)34(22(5)6)17-10-16-33(27,28)42-32/h9-16,21-22,24,26-28,37H,7-8,17-20H2,1-6H3/t24-,26+,27+,28?,32-,33+/m1/s1. The van der Waals surface area contributed by atoms with Crippen LogP contribution in [-0.2, 0) is 19.1 Å². The van der Waals surface area contributed by atoms with E-state index in [1.807, 2.05) is 90.1 Å². The molecule has 3 amide bonds. The van der Waals surface area contributed by atoms with Crippen LogP contribution in [0, 0.1) is 17.8 Å². The summed E-state index contributed by atoms with van der Waals surface area (Å²) in [5.74, 6) is -1.61. The second-order valence-electron chi connectivity index (χ2n) is 12.6. The number of aliphatic hydroxyl groups excluding tert-OH is 1. The highest BCUT2D eigenvalue weighted by Crippen LogP contribution is 2.59. The maximum absolute atomic E-state index is 14.7. The zero-order chi connectivity index (χ0) is 30.4. The van der Waals surface area contributed by atoms with Crippen LogP contribution < -0.4 is 9.64 Å². The van der Waals surface area contributed by atoms with Gasteiger partial charge in [0.2, 0.25) is 17.7 Å². The lowest BCUT2D eigenvalue weighted by atomic mass is 9.73. The number of ether oxygens (including phenoxy) is 2. The van der Waals surface area contributed by atoms with E-state index >= 15 is 0 Å². The van der Waals surface area contributed by atoms with E-state index < -0.39 is 35.1 Å². The monoisotopic (exact) mass is 579 g/mol. The van der Waals surface area contributed by atoms with Gasteiger partial charge in [-0.15, -0.1) is 0 Å². The topological polar surface area (TPSA) is 99.6 Å². The molecule has 0 saturated carbocycles. The van der Waals surface area contributed by atoms with Crippen molar-refractivity contribution in [2.45, 2.75) is 83.7 Å². The van der Waals surface area contributed by atoms with Crippen LogP contribution in [-0.4, -0.2) is 88.3 Å². The van der Waals surface area contributed by atoms with E-state index in [-0.39, 0.29) is 36.3 Å². The number of aliphatic hydroxyl groups is 1. The lowest BCUT2D eigenvalue weighted by Crippen LogP contribution is -2.59. The summed E-state index contributed by atoms with van der Waals surface area (Å²) in [6, 6.07) is 5.72. The molecule has 0 aliphatic carbocycles. The predicted octanol–water partition coefficient (Wildman–Crippen LogP) is 3.56. The van der Waals surface area contributed by atoms with Crippen LogP contribution in [0.4, 0.5) is 5.69 Å². The number of carbonyl (C=O) groups excluding carboxylic acids is 3. The Labute approximate surface area is 249 Å². The van der Waals surface area contributed by atoms with Crippen molar-refractivity contribution in [3.63, 3.8) is 0 Å². The lowest BCUT2D eigenvalue weighted by Gasteiger charge is -2.41. The molecule has 4 aliphatic rings. The van der Waals surface area contributed by atoms with Crippen LogP contribution in [0.3, 0.4) is 0 Å². The first-order valence-electron chi connectivity index (χ1n) is 15.4. The first-order valence-corrected chi connectivity index (χ1v) is 15.4. The summed E-state index contributed by atoms with van der Waals surface area (Å²) in [5.41, 5.74) is -1.71. The number of hydrogen-bond acceptors (Lipinski definition) is 6. The Kier molecular flexibility index (Phi) is 8.29. The third-order valence-electron chi connectivity index (χ3n) is 9.34. The van der Waals surface area contributed by atoms with E-state index in [4.69, 9.17) is 9.47 Å². The molecular weight excluding hydrogens is 534 g/mol. The van der Waals surface area contributed by atoms with Crippen LogP contribution in [0.25, 0.3) is 0 Å². The largest absolute Gasteiger partial charge is 0.494 e. The zero-order valence-corrected chi connectivity index (χ0v) is 25.7. The Bertz CT molecular complexity index is 1260. The average Bonchev–Trinajstić information content (AvgIpc) is 3.25. The molecule has 1 unspecified atom stereocenters. The van der Waals surface area contributed by atoms with Crippen molar-refractivity contribution in [1.82, 2.24) is 9.80 Å². The number of nitrogens with zero attached hydrogens (tertiary/aromatic N) is 3. The highest BCUT2D eigenvalue weighted by atomic mass is 16.5. The Hall–Kier alpha value is -3.17. The molecule has 9 nitrogen and oxygen atoms in total. The Morgan fingerprint density at radius 3 is 2.24 bits per heavy atom. The molecule has 0 radical (unpaired) electrons. The summed E-state index contributed by atoms with van der Waals surface area (Å²) < 4.78 is 12.6. The molecule has 42 heavy (non-hydrogen) atoms. The second kappa shape index (κ2) is 11.5. The number of fused-ring (bicyclic) bond motifs is 2. The smallest absolute Gasteiger partial charge is 0.249 e. The van der Waals surface area contributed by atoms with Crippen molar-refractivity contribution < 1.29 is 29.0 Å². The van der Waals surface area contributed by atoms with Gasteiger partial charge in [0.25, 0.3) is 0 Å². The number of hydrogen-bond donors (Lipinski definition) is 1. The minimum atomic E-state index is -1.34. The SMILES string of the molecule is CCOc1ccc(N2CC=C[C@@]3(CC)O[C@]45C=CCN(C(C)C)C(=O)C4N([C@@H](CO)CC(C)C)C(=O)[C@@H]5[C@H]3C2=O)cc1. The molecular formula is C33H45N3O6. The first kappa shape index (κ1) is 30.3. The first-order chi connectivity index (χ1) is 20.0. The van der Waals surface area contributed by atoms with Crippen molar-refractivity contribution in [3.05, 3.63) is 48.6 Å². The number of likely N-dealkylation sites (tertiary alicyclic amines) is 1. The van der Waals surface area contributed by atoms with Gasteiger partial charge in [-0.1, -0.05) is 45.1 Å². The van der Waals surface area contributed by atoms with Crippen LogP contribution in [0.1, 0.15) is 54.4 Å². The third-order valence-corrected chi connectivity index (χ3v) is 9.34. The molecule has 1 spiro atoms. The van der Waals surface area contributed by atoms with E-state index in [0.717, 1.165) is 0 Å². The van der Waals surface area contributed by atoms with E-state index in [1.54, 1.807) is 14.7 Å². The van der Waals surface area contributed by atoms with Gasteiger partial charge >= 0.3 is 0 Å². The molecule has 9 heteroatoms. The van der Waals surface area contributed by atoms with E-state index in [1.165, 1.54) is 0 Å². The molecule has 1 aromatic carbocycles. The van der Waals surface area contributed by atoms with Gasteiger partial charge in [-0.05, 0) is 63.8 Å². The zero-order valence-electron chi connectivity index (χ0n) is 25.7. The number of rotatable bonds is 9. The van der Waals surface area contributed by atoms with Gasteiger partial charge in [0.05, 0.1) is 36.7 Å². The molecule has 2 fully saturated rings. The highest BCUT2D eigenvalue weighted by Gasteiger charge is 2.76. The molecule has 1 aromatic rings. The molecule has 1 N–H and O–H groups in total. The summed E-state index contributed by atoms with van der Waals surface area (Å²) in [6.07, 6.45) is 8.64. The maximum atomic E-state index is 14.7. The molecule has 228 valence electrons. The summed E-state index contributed by atoms with van der Waals surface area (Å²) >= 11 is 0. The van der Waals surface area contributed by atoms with Crippen LogP contribution in [0.15, 0.2) is 48.6 Å². The fourth-order valence-corrected chi connectivity index (χ4v) is 7.52. The molecule has 4 heterocycles. The van der Waals surface area contributed by atoms with Crippen molar-refractivity contribution in [2.75, 3.05) is 31.2 Å². The minimum absolute atomic E-state index is 0.102. The van der Waals surface area contributed by atoms with Gasteiger partial charge in [0.1, 0.15) is 17.4 Å². The molecule has 5 rings (SSSR count). The Balaban J connectivity index is 1.65. The molecule has 4 aliphatic heterocycles. The van der Waals surface area contributed by atoms with Crippen molar-refractivity contribution >= 4 is 23.4 Å². The van der Waals surface area contributed by atoms with Gasteiger partial charge < -0.3 is 29.3 Å². The summed E-state index contributed by atoms with van der Waals surface area (Å²) in [5, 5.41) is 10.5. The fourth-order valence-electron chi connectivity index (χ4n) is 7.52. The lowest BCUT2D eigenvalue weighted by molar-refractivity contribution is -0.156. The maximum Gasteiger partial charge on any atom is 0.249 e.